The minimum absolute atomic E-state index is 0.000652. The summed E-state index contributed by atoms with van der Waals surface area (Å²) < 4.78 is 39.9. The van der Waals surface area contributed by atoms with Crippen LogP contribution in [-0.4, -0.2) is 26.5 Å². The molecule has 7 heteroatoms. The molecule has 0 aliphatic carbocycles. The lowest BCUT2D eigenvalue weighted by Gasteiger charge is -2.11. The van der Waals surface area contributed by atoms with Gasteiger partial charge in [0.25, 0.3) is 0 Å². The third-order valence-corrected chi connectivity index (χ3v) is 5.29. The zero-order chi connectivity index (χ0) is 14.6. The van der Waals surface area contributed by atoms with Crippen molar-refractivity contribution in [2.45, 2.75) is 30.4 Å². The second-order valence-electron chi connectivity index (χ2n) is 4.38. The molecule has 0 aliphatic heterocycles. The molecule has 0 radical (unpaired) electrons. The summed E-state index contributed by atoms with van der Waals surface area (Å²) >= 11 is 1.67. The summed E-state index contributed by atoms with van der Waals surface area (Å²) in [5.74, 6) is -0.574. The molecular formula is C12H19FN2O2S2. The van der Waals surface area contributed by atoms with Crippen LogP contribution in [0.3, 0.4) is 0 Å². The first-order chi connectivity index (χ1) is 8.77. The summed E-state index contributed by atoms with van der Waals surface area (Å²) in [4.78, 5) is 0.000652. The Morgan fingerprint density at radius 3 is 2.63 bits per heavy atom. The van der Waals surface area contributed by atoms with Crippen molar-refractivity contribution in [2.75, 3.05) is 18.5 Å². The van der Waals surface area contributed by atoms with Crippen LogP contribution in [0, 0.1) is 12.7 Å². The number of thioether (sulfide) groups is 1. The highest BCUT2D eigenvalue weighted by Crippen LogP contribution is 2.20. The molecule has 0 aliphatic rings. The highest BCUT2D eigenvalue weighted by molar-refractivity contribution is 7.99. The van der Waals surface area contributed by atoms with Crippen molar-refractivity contribution in [3.8, 4) is 0 Å². The number of sulfonamides is 1. The number of halogens is 1. The summed E-state index contributed by atoms with van der Waals surface area (Å²) in [5.41, 5.74) is 5.51. The topological polar surface area (TPSA) is 72.2 Å². The number of anilines is 1. The number of hydrogen-bond donors (Lipinski definition) is 2. The molecule has 1 rings (SSSR count). The monoisotopic (exact) mass is 306 g/mol. The number of nitrogens with one attached hydrogen (secondary N) is 1. The van der Waals surface area contributed by atoms with Gasteiger partial charge in [-0.25, -0.2) is 17.5 Å². The Labute approximate surface area is 118 Å². The van der Waals surface area contributed by atoms with Crippen LogP contribution in [0.25, 0.3) is 0 Å². The third kappa shape index (κ3) is 4.36. The maximum atomic E-state index is 13.4. The second kappa shape index (κ2) is 6.58. The van der Waals surface area contributed by atoms with Crippen LogP contribution >= 0.6 is 11.8 Å². The smallest absolute Gasteiger partial charge is 0.240 e. The molecule has 1 aromatic rings. The molecule has 1 aromatic carbocycles. The fraction of sp³-hybridized carbons (Fsp3) is 0.500. The van der Waals surface area contributed by atoms with E-state index in [-0.39, 0.29) is 16.1 Å². The number of aryl methyl sites for hydroxylation is 1. The Morgan fingerprint density at radius 1 is 1.47 bits per heavy atom. The molecule has 0 fully saturated rings. The predicted octanol–water partition coefficient (Wildman–Crippen LogP) is 2.14. The Morgan fingerprint density at radius 2 is 2.11 bits per heavy atom. The minimum atomic E-state index is -3.63. The standard InChI is InChI=1S/C12H19FN2O2S2/c1-8-6-10(7-11(14)12(8)13)19(16,17)15-5-4-9(2)18-3/h6-7,9,15H,4-5,14H2,1-3H3. The van der Waals surface area contributed by atoms with Crippen molar-refractivity contribution < 1.29 is 12.8 Å². The van der Waals surface area contributed by atoms with Gasteiger partial charge in [-0.2, -0.15) is 11.8 Å². The first-order valence-corrected chi connectivity index (χ1v) is 8.63. The van der Waals surface area contributed by atoms with Gasteiger partial charge in [-0.05, 0) is 37.3 Å². The zero-order valence-corrected chi connectivity index (χ0v) is 12.9. The van der Waals surface area contributed by atoms with E-state index < -0.39 is 15.8 Å². The third-order valence-electron chi connectivity index (χ3n) is 2.81. The van der Waals surface area contributed by atoms with E-state index in [2.05, 4.69) is 4.72 Å². The molecule has 19 heavy (non-hydrogen) atoms. The Balaban J connectivity index is 2.83. The maximum Gasteiger partial charge on any atom is 0.240 e. The Bertz CT molecular complexity index is 524. The molecule has 3 N–H and O–H groups in total. The van der Waals surface area contributed by atoms with E-state index in [0.717, 1.165) is 12.5 Å². The van der Waals surface area contributed by atoms with E-state index in [4.69, 9.17) is 5.73 Å². The largest absolute Gasteiger partial charge is 0.396 e. The van der Waals surface area contributed by atoms with Gasteiger partial charge in [0.05, 0.1) is 10.6 Å². The van der Waals surface area contributed by atoms with Gasteiger partial charge in [-0.3, -0.25) is 0 Å². The number of rotatable bonds is 6. The first kappa shape index (κ1) is 16.3. The van der Waals surface area contributed by atoms with Crippen molar-refractivity contribution in [1.82, 2.24) is 4.72 Å². The van der Waals surface area contributed by atoms with E-state index in [0.29, 0.717) is 11.8 Å². The van der Waals surface area contributed by atoms with Crippen LogP contribution < -0.4 is 10.5 Å². The van der Waals surface area contributed by atoms with Gasteiger partial charge >= 0.3 is 0 Å². The van der Waals surface area contributed by atoms with Crippen molar-refractivity contribution in [2.24, 2.45) is 0 Å². The van der Waals surface area contributed by atoms with Gasteiger partial charge in [-0.15, -0.1) is 0 Å². The Hall–Kier alpha value is -0.790. The SMILES string of the molecule is CSC(C)CCNS(=O)(=O)c1cc(C)c(F)c(N)c1. The van der Waals surface area contributed by atoms with Crippen molar-refractivity contribution in [1.29, 1.82) is 0 Å². The van der Waals surface area contributed by atoms with Crippen LogP contribution in [0.4, 0.5) is 10.1 Å². The predicted molar refractivity (Wildman–Crippen MR) is 78.3 cm³/mol. The summed E-state index contributed by atoms with van der Waals surface area (Å²) in [6.45, 7) is 3.86. The molecule has 0 amide bonds. The van der Waals surface area contributed by atoms with Gasteiger partial charge in [0.15, 0.2) is 0 Å². The summed E-state index contributed by atoms with van der Waals surface area (Å²) in [6.07, 6.45) is 2.71. The minimum Gasteiger partial charge on any atom is -0.396 e. The number of nitrogen functional groups attached to an aromatic ring is 1. The average Bonchev–Trinajstić information content (AvgIpc) is 2.34. The highest BCUT2D eigenvalue weighted by Gasteiger charge is 2.17. The maximum absolute atomic E-state index is 13.4. The van der Waals surface area contributed by atoms with Crippen molar-refractivity contribution in [3.63, 3.8) is 0 Å². The van der Waals surface area contributed by atoms with E-state index >= 15 is 0 Å². The lowest BCUT2D eigenvalue weighted by atomic mass is 10.2. The molecule has 0 bridgehead atoms. The molecule has 0 aromatic heterocycles. The molecule has 108 valence electrons. The molecule has 0 saturated heterocycles. The highest BCUT2D eigenvalue weighted by atomic mass is 32.2. The first-order valence-electron chi connectivity index (χ1n) is 5.86. The molecule has 0 heterocycles. The van der Waals surface area contributed by atoms with Crippen molar-refractivity contribution in [3.05, 3.63) is 23.5 Å². The van der Waals surface area contributed by atoms with Gasteiger partial charge in [0, 0.05) is 11.8 Å². The van der Waals surface area contributed by atoms with Gasteiger partial charge < -0.3 is 5.73 Å². The van der Waals surface area contributed by atoms with Crippen LogP contribution in [0.5, 0.6) is 0 Å². The molecule has 1 unspecified atom stereocenters. The molecule has 4 nitrogen and oxygen atoms in total. The zero-order valence-electron chi connectivity index (χ0n) is 11.2. The van der Waals surface area contributed by atoms with Crippen molar-refractivity contribution >= 4 is 27.5 Å². The molecule has 0 spiro atoms. The van der Waals surface area contributed by atoms with Gasteiger partial charge in [-0.1, -0.05) is 6.92 Å². The number of nitrogens with two attached hydrogens (primary N) is 1. The summed E-state index contributed by atoms with van der Waals surface area (Å²) in [6, 6.07) is 2.43. The lowest BCUT2D eigenvalue weighted by Crippen LogP contribution is -2.26. The average molecular weight is 306 g/mol. The summed E-state index contributed by atoms with van der Waals surface area (Å²) in [5, 5.41) is 0.378. The van der Waals surface area contributed by atoms with Crippen LogP contribution in [0.15, 0.2) is 17.0 Å². The summed E-state index contributed by atoms with van der Waals surface area (Å²) in [7, 11) is -3.63. The fourth-order valence-corrected chi connectivity index (χ4v) is 3.04. The molecular weight excluding hydrogens is 287 g/mol. The molecule has 0 saturated carbocycles. The quantitative estimate of drug-likeness (QED) is 0.790. The van der Waals surface area contributed by atoms with E-state index in [9.17, 15) is 12.8 Å². The molecule has 1 atom stereocenters. The number of benzene rings is 1. The van der Waals surface area contributed by atoms with E-state index in [1.807, 2.05) is 13.2 Å². The number of hydrogen-bond acceptors (Lipinski definition) is 4. The van der Waals surface area contributed by atoms with Crippen LogP contribution in [-0.2, 0) is 10.0 Å². The van der Waals surface area contributed by atoms with Crippen LogP contribution in [0.1, 0.15) is 18.9 Å². The van der Waals surface area contributed by atoms with Gasteiger partial charge in [0.1, 0.15) is 5.82 Å². The normalized spacial score (nSPS) is 13.5. The van der Waals surface area contributed by atoms with Crippen LogP contribution in [0.2, 0.25) is 0 Å². The van der Waals surface area contributed by atoms with E-state index in [1.54, 1.807) is 11.8 Å². The van der Waals surface area contributed by atoms with E-state index in [1.165, 1.54) is 13.0 Å². The lowest BCUT2D eigenvalue weighted by molar-refractivity contribution is 0.578. The second-order valence-corrected chi connectivity index (χ2v) is 7.42. The Kier molecular flexibility index (Phi) is 5.64. The fourth-order valence-electron chi connectivity index (χ4n) is 1.52. The van der Waals surface area contributed by atoms with Gasteiger partial charge in [0.2, 0.25) is 10.0 Å².